The van der Waals surface area contributed by atoms with Gasteiger partial charge in [0, 0.05) is 19.7 Å². The lowest BCUT2D eigenvalue weighted by atomic mass is 10.2. The molecule has 1 atom stereocenters. The highest BCUT2D eigenvalue weighted by atomic mass is 16.5. The molecule has 16 heavy (non-hydrogen) atoms. The van der Waals surface area contributed by atoms with Crippen molar-refractivity contribution in [3.63, 3.8) is 0 Å². The van der Waals surface area contributed by atoms with Gasteiger partial charge in [-0.05, 0) is 27.2 Å². The molecule has 0 aromatic heterocycles. The maximum absolute atomic E-state index is 11.3. The minimum Gasteiger partial charge on any atom is -0.383 e. The van der Waals surface area contributed by atoms with Crippen molar-refractivity contribution in [3.05, 3.63) is 0 Å². The molecule has 0 rings (SSSR count). The van der Waals surface area contributed by atoms with E-state index in [0.717, 1.165) is 0 Å². The Morgan fingerprint density at radius 2 is 2.06 bits per heavy atom. The van der Waals surface area contributed by atoms with Crippen LogP contribution in [0.3, 0.4) is 0 Å². The van der Waals surface area contributed by atoms with Crippen LogP contribution < -0.4 is 11.1 Å². The second kappa shape index (κ2) is 7.60. The van der Waals surface area contributed by atoms with E-state index in [-0.39, 0.29) is 24.2 Å². The summed E-state index contributed by atoms with van der Waals surface area (Å²) in [6.45, 7) is 6.88. The van der Waals surface area contributed by atoms with E-state index in [1.807, 2.05) is 20.8 Å². The zero-order valence-electron chi connectivity index (χ0n) is 10.7. The topological polar surface area (TPSA) is 73.6 Å². The maximum atomic E-state index is 11.3. The smallest absolute Gasteiger partial charge is 0.246 e. The first-order valence-corrected chi connectivity index (χ1v) is 5.50. The Kier molecular flexibility index (Phi) is 7.29. The second-order valence-corrected chi connectivity index (χ2v) is 4.76. The van der Waals surface area contributed by atoms with Crippen LogP contribution in [-0.4, -0.2) is 44.4 Å². The number of methoxy groups -OCH3 is 1. The monoisotopic (exact) mass is 232 g/mol. The lowest BCUT2D eigenvalue weighted by Gasteiger charge is -2.19. The number of nitrogens with two attached hydrogens (primary N) is 1. The second-order valence-electron chi connectivity index (χ2n) is 4.76. The van der Waals surface area contributed by atoms with Crippen molar-refractivity contribution < 1.29 is 14.3 Å². The van der Waals surface area contributed by atoms with Gasteiger partial charge in [-0.25, -0.2) is 0 Å². The average Bonchev–Trinajstić information content (AvgIpc) is 2.14. The molecule has 1 amide bonds. The van der Waals surface area contributed by atoms with Gasteiger partial charge in [0.15, 0.2) is 0 Å². The summed E-state index contributed by atoms with van der Waals surface area (Å²) < 4.78 is 10.2. The third kappa shape index (κ3) is 9.89. The highest BCUT2D eigenvalue weighted by Gasteiger charge is 2.12. The van der Waals surface area contributed by atoms with E-state index in [0.29, 0.717) is 19.6 Å². The van der Waals surface area contributed by atoms with Crippen LogP contribution in [0.25, 0.3) is 0 Å². The van der Waals surface area contributed by atoms with Gasteiger partial charge in [-0.2, -0.15) is 0 Å². The molecule has 0 saturated carbocycles. The quantitative estimate of drug-likeness (QED) is 0.661. The highest BCUT2D eigenvalue weighted by molar-refractivity contribution is 5.77. The molecule has 5 heteroatoms. The number of nitrogens with one attached hydrogen (secondary N) is 1. The van der Waals surface area contributed by atoms with Crippen molar-refractivity contribution in [2.75, 3.05) is 26.9 Å². The van der Waals surface area contributed by atoms with Crippen LogP contribution in [0.2, 0.25) is 0 Å². The van der Waals surface area contributed by atoms with Gasteiger partial charge < -0.3 is 20.5 Å². The molecule has 0 bridgehead atoms. The van der Waals surface area contributed by atoms with Crippen molar-refractivity contribution >= 4 is 5.91 Å². The molecule has 0 heterocycles. The zero-order valence-corrected chi connectivity index (χ0v) is 10.7. The van der Waals surface area contributed by atoms with Crippen molar-refractivity contribution in [1.82, 2.24) is 5.32 Å². The van der Waals surface area contributed by atoms with E-state index in [2.05, 4.69) is 5.32 Å². The first-order chi connectivity index (χ1) is 7.35. The zero-order chi connectivity index (χ0) is 12.6. The first-order valence-electron chi connectivity index (χ1n) is 5.50. The Balaban J connectivity index is 3.51. The number of rotatable bonds is 7. The van der Waals surface area contributed by atoms with Crippen molar-refractivity contribution in [3.8, 4) is 0 Å². The number of hydrogen-bond acceptors (Lipinski definition) is 4. The van der Waals surface area contributed by atoms with E-state index in [9.17, 15) is 4.79 Å². The summed E-state index contributed by atoms with van der Waals surface area (Å²) in [5, 5.41) is 2.75. The summed E-state index contributed by atoms with van der Waals surface area (Å²) in [4.78, 5) is 11.3. The van der Waals surface area contributed by atoms with E-state index in [1.54, 1.807) is 7.11 Å². The Morgan fingerprint density at radius 1 is 1.44 bits per heavy atom. The van der Waals surface area contributed by atoms with Crippen molar-refractivity contribution in [2.24, 2.45) is 5.73 Å². The predicted octanol–water partition coefficient (Wildman–Crippen LogP) is 0.282. The Hall–Kier alpha value is -0.650. The molecule has 0 aliphatic carbocycles. The first kappa shape index (κ1) is 15.3. The molecule has 96 valence electrons. The van der Waals surface area contributed by atoms with Crippen LogP contribution in [0.15, 0.2) is 0 Å². The molecule has 1 unspecified atom stereocenters. The van der Waals surface area contributed by atoms with Crippen LogP contribution in [-0.2, 0) is 14.3 Å². The Labute approximate surface area is 97.7 Å². The van der Waals surface area contributed by atoms with Gasteiger partial charge in [0.05, 0.1) is 12.2 Å². The molecule has 0 aliphatic rings. The van der Waals surface area contributed by atoms with Gasteiger partial charge in [-0.15, -0.1) is 0 Å². The fourth-order valence-electron chi connectivity index (χ4n) is 1.03. The van der Waals surface area contributed by atoms with Crippen LogP contribution in [0.1, 0.15) is 27.2 Å². The molecular formula is C11H24N2O3. The van der Waals surface area contributed by atoms with E-state index >= 15 is 0 Å². The SMILES string of the molecule is COCC(N)CCNC(=O)COC(C)(C)C. The highest BCUT2D eigenvalue weighted by Crippen LogP contribution is 2.05. The van der Waals surface area contributed by atoms with Gasteiger partial charge in [0.2, 0.25) is 5.91 Å². The van der Waals surface area contributed by atoms with E-state index < -0.39 is 0 Å². The van der Waals surface area contributed by atoms with Gasteiger partial charge in [0.25, 0.3) is 0 Å². The molecule has 0 spiro atoms. The summed E-state index contributed by atoms with van der Waals surface area (Å²) in [5.41, 5.74) is 5.42. The number of amides is 1. The van der Waals surface area contributed by atoms with Crippen LogP contribution in [0.4, 0.5) is 0 Å². The Morgan fingerprint density at radius 3 is 2.56 bits per heavy atom. The largest absolute Gasteiger partial charge is 0.383 e. The summed E-state index contributed by atoms with van der Waals surface area (Å²) in [6.07, 6.45) is 0.703. The Bertz CT molecular complexity index is 202. The standard InChI is InChI=1S/C11H24N2O3/c1-11(2,3)16-8-10(14)13-6-5-9(12)7-15-4/h9H,5-8,12H2,1-4H3,(H,13,14). The molecule has 0 aromatic rings. The molecule has 5 nitrogen and oxygen atoms in total. The van der Waals surface area contributed by atoms with Gasteiger partial charge in [-0.3, -0.25) is 4.79 Å². The van der Waals surface area contributed by atoms with Crippen molar-refractivity contribution in [2.45, 2.75) is 38.8 Å². The molecule has 0 aliphatic heterocycles. The number of ether oxygens (including phenoxy) is 2. The summed E-state index contributed by atoms with van der Waals surface area (Å²) in [7, 11) is 1.61. The lowest BCUT2D eigenvalue weighted by Crippen LogP contribution is -2.36. The third-order valence-corrected chi connectivity index (χ3v) is 1.85. The predicted molar refractivity (Wildman–Crippen MR) is 63.2 cm³/mol. The minimum absolute atomic E-state index is 0.0335. The molecule has 3 N–H and O–H groups in total. The molecule has 0 aromatic carbocycles. The summed E-state index contributed by atoms with van der Waals surface area (Å²) in [5.74, 6) is -0.112. The van der Waals surface area contributed by atoms with E-state index in [1.165, 1.54) is 0 Å². The summed E-state index contributed by atoms with van der Waals surface area (Å²) >= 11 is 0. The molecular weight excluding hydrogens is 208 g/mol. The fraction of sp³-hybridized carbons (Fsp3) is 0.909. The normalized spacial score (nSPS) is 13.6. The van der Waals surface area contributed by atoms with Gasteiger partial charge in [0.1, 0.15) is 6.61 Å². The van der Waals surface area contributed by atoms with Gasteiger partial charge >= 0.3 is 0 Å². The average molecular weight is 232 g/mol. The maximum Gasteiger partial charge on any atom is 0.246 e. The number of hydrogen-bond donors (Lipinski definition) is 2. The summed E-state index contributed by atoms with van der Waals surface area (Å²) in [6, 6.07) is -0.0335. The van der Waals surface area contributed by atoms with Crippen molar-refractivity contribution in [1.29, 1.82) is 0 Å². The molecule has 0 saturated heterocycles. The van der Waals surface area contributed by atoms with Gasteiger partial charge in [-0.1, -0.05) is 0 Å². The third-order valence-electron chi connectivity index (χ3n) is 1.85. The number of carbonyl (C=O) groups excluding carboxylic acids is 1. The van der Waals surface area contributed by atoms with Crippen LogP contribution in [0, 0.1) is 0 Å². The molecule has 0 fully saturated rings. The van der Waals surface area contributed by atoms with Crippen LogP contribution in [0.5, 0.6) is 0 Å². The lowest BCUT2D eigenvalue weighted by molar-refractivity contribution is -0.130. The fourth-order valence-corrected chi connectivity index (χ4v) is 1.03. The van der Waals surface area contributed by atoms with E-state index in [4.69, 9.17) is 15.2 Å². The van der Waals surface area contributed by atoms with Crippen LogP contribution >= 0.6 is 0 Å². The number of carbonyl (C=O) groups is 1. The minimum atomic E-state index is -0.288. The molecule has 0 radical (unpaired) electrons.